The second-order valence-corrected chi connectivity index (χ2v) is 2.90. The van der Waals surface area contributed by atoms with Gasteiger partial charge < -0.3 is 10.6 Å². The third-order valence-corrected chi connectivity index (χ3v) is 1.50. The van der Waals surface area contributed by atoms with Gasteiger partial charge in [-0.3, -0.25) is 0 Å². The number of nitrogens with one attached hydrogen (secondary N) is 2. The Labute approximate surface area is 72.7 Å². The second kappa shape index (κ2) is 7.43. The number of rotatable bonds is 7. The van der Waals surface area contributed by atoms with Gasteiger partial charge >= 0.3 is 0 Å². The van der Waals surface area contributed by atoms with Crippen molar-refractivity contribution in [2.75, 3.05) is 19.6 Å². The Bertz CT molecular complexity index is 99.1. The Morgan fingerprint density at radius 2 is 1.92 bits per heavy atom. The first-order valence-corrected chi connectivity index (χ1v) is 4.39. The number of hydrogen-bond donors (Lipinski definition) is 2. The topological polar surface area (TPSA) is 24.1 Å². The highest BCUT2D eigenvalue weighted by molar-refractivity contribution is 4.63. The average Bonchev–Trinajstić information content (AvgIpc) is 2.01. The number of hydrogen-bond acceptors (Lipinski definition) is 2. The summed E-state index contributed by atoms with van der Waals surface area (Å²) in [4.78, 5) is 0. The van der Waals surface area contributed by atoms with Crippen molar-refractivity contribution in [1.82, 2.24) is 10.6 Å². The first-order chi connectivity index (χ1) is 5.66. The Morgan fingerprint density at radius 3 is 2.42 bits per heavy atom. The van der Waals surface area contributed by atoms with Gasteiger partial charge in [-0.1, -0.05) is 6.92 Å². The first kappa shape index (κ1) is 11.8. The van der Waals surface area contributed by atoms with Gasteiger partial charge in [0.2, 0.25) is 0 Å². The molecule has 0 aliphatic rings. The van der Waals surface area contributed by atoms with Crippen LogP contribution in [0.1, 0.15) is 20.3 Å². The summed E-state index contributed by atoms with van der Waals surface area (Å²) in [7, 11) is 0. The normalized spacial score (nSPS) is 13.8. The van der Waals surface area contributed by atoms with E-state index < -0.39 is 6.43 Å². The van der Waals surface area contributed by atoms with Gasteiger partial charge in [0, 0.05) is 12.6 Å². The molecule has 0 radical (unpaired) electrons. The molecule has 0 aromatic heterocycles. The minimum atomic E-state index is -2.25. The summed E-state index contributed by atoms with van der Waals surface area (Å²) in [6.07, 6.45) is -1.18. The van der Waals surface area contributed by atoms with E-state index in [1.165, 1.54) is 0 Å². The highest BCUT2D eigenvalue weighted by Crippen LogP contribution is 1.89. The van der Waals surface area contributed by atoms with Crippen LogP contribution in [0.5, 0.6) is 0 Å². The molecule has 74 valence electrons. The van der Waals surface area contributed by atoms with E-state index in [2.05, 4.69) is 17.6 Å². The lowest BCUT2D eigenvalue weighted by Gasteiger charge is -2.13. The van der Waals surface area contributed by atoms with Crippen LogP contribution in [0.4, 0.5) is 8.78 Å². The smallest absolute Gasteiger partial charge is 0.250 e. The fourth-order valence-corrected chi connectivity index (χ4v) is 0.858. The Kier molecular flexibility index (Phi) is 7.29. The summed E-state index contributed by atoms with van der Waals surface area (Å²) in [5.41, 5.74) is 0. The minimum absolute atomic E-state index is 0.116. The Morgan fingerprint density at radius 1 is 1.25 bits per heavy atom. The highest BCUT2D eigenvalue weighted by Gasteiger charge is 2.04. The molecule has 12 heavy (non-hydrogen) atoms. The van der Waals surface area contributed by atoms with Crippen molar-refractivity contribution in [2.24, 2.45) is 0 Å². The summed E-state index contributed by atoms with van der Waals surface area (Å²) in [5, 5.41) is 5.88. The molecule has 2 N–H and O–H groups in total. The van der Waals surface area contributed by atoms with Crippen LogP contribution in [0.3, 0.4) is 0 Å². The third kappa shape index (κ3) is 7.88. The first-order valence-electron chi connectivity index (χ1n) is 4.39. The molecule has 0 amide bonds. The maximum absolute atomic E-state index is 11.7. The van der Waals surface area contributed by atoms with Crippen LogP contribution < -0.4 is 10.6 Å². The third-order valence-electron chi connectivity index (χ3n) is 1.50. The molecule has 2 nitrogen and oxygen atoms in total. The van der Waals surface area contributed by atoms with E-state index in [1.54, 1.807) is 0 Å². The predicted octanol–water partition coefficient (Wildman–Crippen LogP) is 1.23. The summed E-state index contributed by atoms with van der Waals surface area (Å²) in [6.45, 7) is 5.45. The van der Waals surface area contributed by atoms with Crippen LogP contribution in [0.15, 0.2) is 0 Å². The summed E-state index contributed by atoms with van der Waals surface area (Å²) in [6, 6.07) is 0.116. The van der Waals surface area contributed by atoms with E-state index in [0.29, 0.717) is 0 Å². The van der Waals surface area contributed by atoms with Crippen molar-refractivity contribution in [3.05, 3.63) is 0 Å². The monoisotopic (exact) mass is 180 g/mol. The van der Waals surface area contributed by atoms with Gasteiger partial charge in [-0.15, -0.1) is 0 Å². The molecule has 0 saturated heterocycles. The van der Waals surface area contributed by atoms with Gasteiger partial charge in [-0.2, -0.15) is 0 Å². The summed E-state index contributed by atoms with van der Waals surface area (Å²) >= 11 is 0. The molecule has 0 aromatic rings. The van der Waals surface area contributed by atoms with Crippen molar-refractivity contribution >= 4 is 0 Å². The molecule has 0 spiro atoms. The van der Waals surface area contributed by atoms with E-state index in [0.717, 1.165) is 19.5 Å². The lowest BCUT2D eigenvalue weighted by molar-refractivity contribution is 0.142. The highest BCUT2D eigenvalue weighted by atomic mass is 19.3. The molecule has 4 heteroatoms. The van der Waals surface area contributed by atoms with E-state index in [4.69, 9.17) is 0 Å². The fourth-order valence-electron chi connectivity index (χ4n) is 0.858. The van der Waals surface area contributed by atoms with Gasteiger partial charge in [-0.25, -0.2) is 8.78 Å². The van der Waals surface area contributed by atoms with Crippen LogP contribution in [0.25, 0.3) is 0 Å². The molecule has 0 aliphatic heterocycles. The Balaban J connectivity index is 3.15. The molecule has 0 aromatic carbocycles. The lowest BCUT2D eigenvalue weighted by atomic mass is 10.3. The van der Waals surface area contributed by atoms with Gasteiger partial charge in [0.05, 0.1) is 6.54 Å². The van der Waals surface area contributed by atoms with Crippen LogP contribution in [-0.4, -0.2) is 32.1 Å². The van der Waals surface area contributed by atoms with Crippen LogP contribution in [-0.2, 0) is 0 Å². The summed E-state index contributed by atoms with van der Waals surface area (Å²) in [5.74, 6) is 0. The second-order valence-electron chi connectivity index (χ2n) is 2.90. The molecule has 1 unspecified atom stereocenters. The van der Waals surface area contributed by atoms with Crippen molar-refractivity contribution < 1.29 is 8.78 Å². The van der Waals surface area contributed by atoms with Crippen molar-refractivity contribution in [3.8, 4) is 0 Å². The summed E-state index contributed by atoms with van der Waals surface area (Å²) < 4.78 is 23.4. The number of alkyl halides is 2. The quantitative estimate of drug-likeness (QED) is 0.576. The van der Waals surface area contributed by atoms with Crippen molar-refractivity contribution in [1.29, 1.82) is 0 Å². The molecule has 0 rings (SSSR count). The Hall–Kier alpha value is -0.220. The van der Waals surface area contributed by atoms with Gasteiger partial charge in [-0.05, 0) is 19.9 Å². The maximum atomic E-state index is 11.7. The van der Waals surface area contributed by atoms with Crippen LogP contribution in [0, 0.1) is 0 Å². The van der Waals surface area contributed by atoms with Gasteiger partial charge in [0.25, 0.3) is 6.43 Å². The zero-order chi connectivity index (χ0) is 9.40. The minimum Gasteiger partial charge on any atom is -0.315 e. The molecule has 0 aliphatic carbocycles. The standard InChI is InChI=1S/C8H18F2N2/c1-3-4-11-5-7(2)12-6-8(9)10/h7-8,11-12H,3-6H2,1-2H3. The van der Waals surface area contributed by atoms with Gasteiger partial charge in [0.1, 0.15) is 0 Å². The molecule has 1 atom stereocenters. The van der Waals surface area contributed by atoms with Gasteiger partial charge in [0.15, 0.2) is 0 Å². The molecule has 0 fully saturated rings. The molecule has 0 bridgehead atoms. The fraction of sp³-hybridized carbons (Fsp3) is 1.00. The number of halogens is 2. The van der Waals surface area contributed by atoms with Crippen molar-refractivity contribution in [3.63, 3.8) is 0 Å². The predicted molar refractivity (Wildman–Crippen MR) is 46.6 cm³/mol. The largest absolute Gasteiger partial charge is 0.315 e. The van der Waals surface area contributed by atoms with E-state index >= 15 is 0 Å². The molecule has 0 saturated carbocycles. The van der Waals surface area contributed by atoms with Crippen LogP contribution >= 0.6 is 0 Å². The van der Waals surface area contributed by atoms with E-state index in [1.807, 2.05) is 6.92 Å². The zero-order valence-corrected chi connectivity index (χ0v) is 7.74. The van der Waals surface area contributed by atoms with E-state index in [-0.39, 0.29) is 12.6 Å². The SMILES string of the molecule is CCCNCC(C)NCC(F)F. The molecular formula is C8H18F2N2. The van der Waals surface area contributed by atoms with E-state index in [9.17, 15) is 8.78 Å². The van der Waals surface area contributed by atoms with Crippen molar-refractivity contribution in [2.45, 2.75) is 32.7 Å². The molecular weight excluding hydrogens is 162 g/mol. The zero-order valence-electron chi connectivity index (χ0n) is 7.74. The lowest BCUT2D eigenvalue weighted by Crippen LogP contribution is -2.38. The van der Waals surface area contributed by atoms with Crippen LogP contribution in [0.2, 0.25) is 0 Å². The molecule has 0 heterocycles. The average molecular weight is 180 g/mol. The maximum Gasteiger partial charge on any atom is 0.250 e.